The van der Waals surface area contributed by atoms with Gasteiger partial charge in [-0.25, -0.2) is 0 Å². The van der Waals surface area contributed by atoms with Crippen molar-refractivity contribution >= 4 is 17.9 Å². The smallest absolute Gasteiger partial charge is 0.257 e. The normalized spacial score (nSPS) is 14.0. The number of benzene rings is 2. The number of piperazine rings is 1. The first kappa shape index (κ1) is 21.2. The van der Waals surface area contributed by atoms with E-state index in [9.17, 15) is 9.59 Å². The Morgan fingerprint density at radius 3 is 2.00 bits per heavy atom. The molecule has 0 atom stereocenters. The number of hydrogen-bond donors (Lipinski definition) is 0. The molecule has 7 nitrogen and oxygen atoms in total. The Bertz CT molecular complexity index is 916. The highest BCUT2D eigenvalue weighted by Gasteiger charge is 2.25. The van der Waals surface area contributed by atoms with E-state index in [4.69, 9.17) is 14.2 Å². The van der Waals surface area contributed by atoms with E-state index in [0.717, 1.165) is 11.3 Å². The molecule has 1 heterocycles. The molecule has 1 saturated heterocycles. The predicted molar refractivity (Wildman–Crippen MR) is 114 cm³/mol. The fourth-order valence-electron chi connectivity index (χ4n) is 3.26. The Morgan fingerprint density at radius 1 is 0.800 bits per heavy atom. The van der Waals surface area contributed by atoms with Crippen molar-refractivity contribution in [3.63, 3.8) is 0 Å². The van der Waals surface area contributed by atoms with Crippen LogP contribution in [0.2, 0.25) is 0 Å². The van der Waals surface area contributed by atoms with Gasteiger partial charge >= 0.3 is 0 Å². The first-order valence-electron chi connectivity index (χ1n) is 9.68. The maximum absolute atomic E-state index is 12.9. The summed E-state index contributed by atoms with van der Waals surface area (Å²) in [4.78, 5) is 28.9. The zero-order valence-electron chi connectivity index (χ0n) is 17.5. The Balaban J connectivity index is 1.58. The molecule has 0 bridgehead atoms. The van der Waals surface area contributed by atoms with Gasteiger partial charge in [0.25, 0.3) is 5.91 Å². The molecule has 0 saturated carbocycles. The number of hydrogen-bond acceptors (Lipinski definition) is 5. The molecule has 0 N–H and O–H groups in total. The third-order valence-electron chi connectivity index (χ3n) is 5.05. The van der Waals surface area contributed by atoms with E-state index in [1.807, 2.05) is 24.3 Å². The second-order valence-electron chi connectivity index (χ2n) is 6.79. The third kappa shape index (κ3) is 4.92. The monoisotopic (exact) mass is 410 g/mol. The van der Waals surface area contributed by atoms with Crippen LogP contribution < -0.4 is 14.2 Å². The van der Waals surface area contributed by atoms with Crippen LogP contribution in [0, 0.1) is 0 Å². The lowest BCUT2D eigenvalue weighted by Crippen LogP contribution is -2.50. The average Bonchev–Trinajstić information content (AvgIpc) is 2.82. The Morgan fingerprint density at radius 2 is 1.40 bits per heavy atom. The van der Waals surface area contributed by atoms with Gasteiger partial charge in [0, 0.05) is 38.3 Å². The van der Waals surface area contributed by atoms with Crippen LogP contribution >= 0.6 is 0 Å². The van der Waals surface area contributed by atoms with Crippen molar-refractivity contribution in [1.29, 1.82) is 0 Å². The van der Waals surface area contributed by atoms with Crippen molar-refractivity contribution in [3.8, 4) is 17.2 Å². The lowest BCUT2D eigenvalue weighted by molar-refractivity contribution is -0.127. The van der Waals surface area contributed by atoms with Crippen molar-refractivity contribution in [2.45, 2.75) is 0 Å². The average molecular weight is 410 g/mol. The molecule has 0 spiro atoms. The minimum absolute atomic E-state index is 0.0695. The van der Waals surface area contributed by atoms with E-state index in [1.165, 1.54) is 7.11 Å². The summed E-state index contributed by atoms with van der Waals surface area (Å²) in [5.74, 6) is 1.69. The van der Waals surface area contributed by atoms with E-state index in [1.54, 1.807) is 54.4 Å². The molecule has 1 fully saturated rings. The molecule has 3 rings (SSSR count). The van der Waals surface area contributed by atoms with Gasteiger partial charge in [-0.15, -0.1) is 0 Å². The molecule has 1 aliphatic heterocycles. The van der Waals surface area contributed by atoms with Crippen molar-refractivity contribution in [3.05, 3.63) is 59.7 Å². The van der Waals surface area contributed by atoms with Crippen LogP contribution in [-0.2, 0) is 4.79 Å². The Hall–Kier alpha value is -3.48. The summed E-state index contributed by atoms with van der Waals surface area (Å²) in [7, 11) is 4.70. The number of carbonyl (C=O) groups excluding carboxylic acids is 2. The second-order valence-corrected chi connectivity index (χ2v) is 6.79. The molecule has 2 amide bonds. The maximum atomic E-state index is 12.9. The number of rotatable bonds is 6. The topological polar surface area (TPSA) is 68.3 Å². The number of nitrogens with zero attached hydrogens (tertiary/aromatic N) is 2. The SMILES string of the molecule is COc1ccc(/C=C/C(=O)N2CCN(C(=O)c3ccc(OC)cc3OC)CC2)cc1. The lowest BCUT2D eigenvalue weighted by atomic mass is 10.1. The third-order valence-corrected chi connectivity index (χ3v) is 5.05. The highest BCUT2D eigenvalue weighted by atomic mass is 16.5. The van der Waals surface area contributed by atoms with Gasteiger partial charge in [-0.05, 0) is 35.9 Å². The molecular formula is C23H26N2O5. The molecular weight excluding hydrogens is 384 g/mol. The van der Waals surface area contributed by atoms with E-state index in [2.05, 4.69) is 0 Å². The van der Waals surface area contributed by atoms with Crippen LogP contribution in [0.4, 0.5) is 0 Å². The van der Waals surface area contributed by atoms with Gasteiger partial charge in [0.15, 0.2) is 0 Å². The number of methoxy groups -OCH3 is 3. The maximum Gasteiger partial charge on any atom is 0.257 e. The fraction of sp³-hybridized carbons (Fsp3) is 0.304. The minimum Gasteiger partial charge on any atom is -0.497 e. The van der Waals surface area contributed by atoms with Crippen molar-refractivity contribution in [2.75, 3.05) is 47.5 Å². The van der Waals surface area contributed by atoms with Crippen LogP contribution in [0.3, 0.4) is 0 Å². The summed E-state index contributed by atoms with van der Waals surface area (Å²) in [6.45, 7) is 1.90. The summed E-state index contributed by atoms with van der Waals surface area (Å²) in [6, 6.07) is 12.6. The van der Waals surface area contributed by atoms with E-state index in [-0.39, 0.29) is 11.8 Å². The summed E-state index contributed by atoms with van der Waals surface area (Å²) in [5, 5.41) is 0. The summed E-state index contributed by atoms with van der Waals surface area (Å²) in [6.07, 6.45) is 3.34. The van der Waals surface area contributed by atoms with Gasteiger partial charge in [0.2, 0.25) is 5.91 Å². The zero-order chi connectivity index (χ0) is 21.5. The van der Waals surface area contributed by atoms with Crippen molar-refractivity contribution in [1.82, 2.24) is 9.80 Å². The first-order valence-corrected chi connectivity index (χ1v) is 9.68. The molecule has 0 aliphatic carbocycles. The van der Waals surface area contributed by atoms with Crippen LogP contribution in [0.15, 0.2) is 48.5 Å². The van der Waals surface area contributed by atoms with Gasteiger partial charge in [-0.1, -0.05) is 12.1 Å². The molecule has 0 radical (unpaired) electrons. The van der Waals surface area contributed by atoms with Crippen LogP contribution in [-0.4, -0.2) is 69.1 Å². The van der Waals surface area contributed by atoms with Crippen LogP contribution in [0.1, 0.15) is 15.9 Å². The second kappa shape index (κ2) is 9.82. The Labute approximate surface area is 176 Å². The standard InChI is InChI=1S/C23H26N2O5/c1-28-18-7-4-17(5-8-18)6-11-22(26)24-12-14-25(15-13-24)23(27)20-10-9-19(29-2)16-21(20)30-3/h4-11,16H,12-15H2,1-3H3/b11-6+. The Kier molecular flexibility index (Phi) is 6.95. The number of ether oxygens (including phenoxy) is 3. The minimum atomic E-state index is -0.115. The zero-order valence-corrected chi connectivity index (χ0v) is 17.5. The fourth-order valence-corrected chi connectivity index (χ4v) is 3.26. The molecule has 30 heavy (non-hydrogen) atoms. The van der Waals surface area contributed by atoms with Crippen molar-refractivity contribution < 1.29 is 23.8 Å². The summed E-state index contributed by atoms with van der Waals surface area (Å²) < 4.78 is 15.7. The van der Waals surface area contributed by atoms with Crippen LogP contribution in [0.5, 0.6) is 17.2 Å². The first-order chi connectivity index (χ1) is 14.5. The molecule has 1 aliphatic rings. The molecule has 2 aromatic carbocycles. The molecule has 158 valence electrons. The number of carbonyl (C=O) groups is 2. The van der Waals surface area contributed by atoms with Gasteiger partial charge in [0.1, 0.15) is 17.2 Å². The van der Waals surface area contributed by atoms with E-state index >= 15 is 0 Å². The highest BCUT2D eigenvalue weighted by molar-refractivity contribution is 5.97. The summed E-state index contributed by atoms with van der Waals surface area (Å²) in [5.41, 5.74) is 1.40. The van der Waals surface area contributed by atoms with Gasteiger partial charge in [0.05, 0.1) is 26.9 Å². The summed E-state index contributed by atoms with van der Waals surface area (Å²) >= 11 is 0. The lowest BCUT2D eigenvalue weighted by Gasteiger charge is -2.34. The molecule has 0 aromatic heterocycles. The van der Waals surface area contributed by atoms with Crippen LogP contribution in [0.25, 0.3) is 6.08 Å². The molecule has 0 unspecified atom stereocenters. The van der Waals surface area contributed by atoms with Gasteiger partial charge < -0.3 is 24.0 Å². The van der Waals surface area contributed by atoms with E-state index in [0.29, 0.717) is 43.2 Å². The van der Waals surface area contributed by atoms with Gasteiger partial charge in [-0.3, -0.25) is 9.59 Å². The van der Waals surface area contributed by atoms with Gasteiger partial charge in [-0.2, -0.15) is 0 Å². The molecule has 7 heteroatoms. The molecule has 2 aromatic rings. The quantitative estimate of drug-likeness (QED) is 0.685. The predicted octanol–water partition coefficient (Wildman–Crippen LogP) is 2.71. The van der Waals surface area contributed by atoms with E-state index < -0.39 is 0 Å². The highest BCUT2D eigenvalue weighted by Crippen LogP contribution is 2.26. The number of amides is 2. The largest absolute Gasteiger partial charge is 0.497 e. The van der Waals surface area contributed by atoms with Crippen molar-refractivity contribution in [2.24, 2.45) is 0 Å².